The quantitative estimate of drug-likeness (QED) is 0.298. The highest BCUT2D eigenvalue weighted by Crippen LogP contribution is 2.41. The van der Waals surface area contributed by atoms with Crippen LogP contribution >= 0.6 is 0 Å². The summed E-state index contributed by atoms with van der Waals surface area (Å²) in [5, 5.41) is 0. The van der Waals surface area contributed by atoms with E-state index in [1.54, 1.807) is 0 Å². The van der Waals surface area contributed by atoms with E-state index in [9.17, 15) is 0 Å². The number of ether oxygens (including phenoxy) is 2. The third-order valence-corrected chi connectivity index (χ3v) is 4.32. The van der Waals surface area contributed by atoms with Crippen LogP contribution in [0.3, 0.4) is 0 Å². The molecule has 2 nitrogen and oxygen atoms in total. The summed E-state index contributed by atoms with van der Waals surface area (Å²) < 4.78 is 12.4. The smallest absolute Gasteiger partial charge is 0.123 e. The van der Waals surface area contributed by atoms with Gasteiger partial charge in [0.05, 0.1) is 13.2 Å². The van der Waals surface area contributed by atoms with Crippen molar-refractivity contribution in [2.24, 2.45) is 0 Å². The van der Waals surface area contributed by atoms with Crippen LogP contribution in [0.15, 0.2) is 37.4 Å². The lowest BCUT2D eigenvalue weighted by Crippen LogP contribution is -2.19. The van der Waals surface area contributed by atoms with Gasteiger partial charge in [-0.25, -0.2) is 0 Å². The second-order valence-corrected chi connectivity index (χ2v) is 8.90. The lowest BCUT2D eigenvalue weighted by atomic mass is 9.81. The topological polar surface area (TPSA) is 18.5 Å². The van der Waals surface area contributed by atoms with Crippen LogP contribution in [0.4, 0.5) is 0 Å². The number of hydrogen-bond donors (Lipinski definition) is 0. The fourth-order valence-corrected chi connectivity index (χ4v) is 2.79. The van der Waals surface area contributed by atoms with Crippen LogP contribution in [0.25, 0.3) is 0 Å². The molecule has 0 aliphatic rings. The fraction of sp³-hybridized carbons (Fsp3) is 0.615. The van der Waals surface area contributed by atoms with Gasteiger partial charge in [0, 0.05) is 11.1 Å². The maximum absolute atomic E-state index is 6.18. The van der Waals surface area contributed by atoms with E-state index in [0.29, 0.717) is 13.2 Å². The van der Waals surface area contributed by atoms with E-state index in [0.717, 1.165) is 37.2 Å². The predicted octanol–water partition coefficient (Wildman–Crippen LogP) is 8.00. The SMILES string of the molecule is C=CCCCOc1cc(C(C)(C)C)c(OCCCC=C)cc1C(C)(C)C.CC. The summed E-state index contributed by atoms with van der Waals surface area (Å²) in [4.78, 5) is 0. The summed E-state index contributed by atoms with van der Waals surface area (Å²) in [5.74, 6) is 1.95. The maximum Gasteiger partial charge on any atom is 0.123 e. The molecule has 0 unspecified atom stereocenters. The molecule has 0 atom stereocenters. The third kappa shape index (κ3) is 8.99. The minimum absolute atomic E-state index is 0.0105. The summed E-state index contributed by atoms with van der Waals surface area (Å²) in [6.45, 7) is 26.3. The Balaban J connectivity index is 0.00000352. The van der Waals surface area contributed by atoms with Crippen molar-refractivity contribution >= 4 is 0 Å². The first-order chi connectivity index (χ1) is 13.1. The molecule has 1 aromatic carbocycles. The second kappa shape index (κ2) is 12.7. The fourth-order valence-electron chi connectivity index (χ4n) is 2.79. The van der Waals surface area contributed by atoms with Gasteiger partial charge in [0.25, 0.3) is 0 Å². The van der Waals surface area contributed by atoms with Crippen molar-refractivity contribution in [3.8, 4) is 11.5 Å². The Morgan fingerprint density at radius 1 is 0.714 bits per heavy atom. The Kier molecular flexibility index (Phi) is 11.9. The first kappa shape index (κ1) is 26.3. The molecule has 0 saturated carbocycles. The number of unbranched alkanes of at least 4 members (excludes halogenated alkanes) is 2. The molecule has 0 spiro atoms. The van der Waals surface area contributed by atoms with Crippen molar-refractivity contribution in [2.75, 3.05) is 13.2 Å². The average Bonchev–Trinajstić information content (AvgIpc) is 2.62. The first-order valence-electron chi connectivity index (χ1n) is 10.8. The van der Waals surface area contributed by atoms with Crippen LogP contribution < -0.4 is 9.47 Å². The zero-order chi connectivity index (χ0) is 21.8. The van der Waals surface area contributed by atoms with Gasteiger partial charge in [-0.05, 0) is 48.6 Å². The van der Waals surface area contributed by atoms with Crippen molar-refractivity contribution in [3.05, 3.63) is 48.6 Å². The molecule has 2 heteroatoms. The Bertz CT molecular complexity index is 532. The van der Waals surface area contributed by atoms with Gasteiger partial charge in [0.15, 0.2) is 0 Å². The average molecular weight is 389 g/mol. The van der Waals surface area contributed by atoms with E-state index < -0.39 is 0 Å². The van der Waals surface area contributed by atoms with Crippen molar-refractivity contribution in [3.63, 3.8) is 0 Å². The van der Waals surface area contributed by atoms with Crippen molar-refractivity contribution < 1.29 is 9.47 Å². The zero-order valence-corrected chi connectivity index (χ0v) is 19.8. The molecule has 0 radical (unpaired) electrons. The molecule has 0 heterocycles. The van der Waals surface area contributed by atoms with Gasteiger partial charge in [-0.3, -0.25) is 0 Å². The van der Waals surface area contributed by atoms with Gasteiger partial charge < -0.3 is 9.47 Å². The molecule has 1 rings (SSSR count). The molecule has 0 bridgehead atoms. The molecule has 0 fully saturated rings. The van der Waals surface area contributed by atoms with Crippen molar-refractivity contribution in [1.29, 1.82) is 0 Å². The van der Waals surface area contributed by atoms with Crippen LogP contribution in [-0.4, -0.2) is 13.2 Å². The molecule has 160 valence electrons. The summed E-state index contributed by atoms with van der Waals surface area (Å²) in [6, 6.07) is 4.38. The van der Waals surface area contributed by atoms with E-state index in [2.05, 4.69) is 66.8 Å². The summed E-state index contributed by atoms with van der Waals surface area (Å²) in [6.07, 6.45) is 7.79. The summed E-state index contributed by atoms with van der Waals surface area (Å²) in [5.41, 5.74) is 2.37. The summed E-state index contributed by atoms with van der Waals surface area (Å²) in [7, 11) is 0. The molecular formula is C26H44O2. The van der Waals surface area contributed by atoms with Crippen LogP contribution in [0, 0.1) is 0 Å². The highest BCUT2D eigenvalue weighted by Gasteiger charge is 2.26. The van der Waals surface area contributed by atoms with Gasteiger partial charge in [-0.15, -0.1) is 13.2 Å². The molecule has 0 aromatic heterocycles. The molecular weight excluding hydrogens is 344 g/mol. The maximum atomic E-state index is 6.18. The molecule has 0 aliphatic heterocycles. The first-order valence-corrected chi connectivity index (χ1v) is 10.8. The minimum Gasteiger partial charge on any atom is -0.493 e. The Morgan fingerprint density at radius 3 is 1.29 bits per heavy atom. The molecule has 28 heavy (non-hydrogen) atoms. The van der Waals surface area contributed by atoms with Crippen molar-refractivity contribution in [2.45, 2.75) is 91.9 Å². The molecule has 0 aliphatic carbocycles. The predicted molar refractivity (Wildman–Crippen MR) is 125 cm³/mol. The van der Waals surface area contributed by atoms with Gasteiger partial charge in [-0.1, -0.05) is 67.5 Å². The lowest BCUT2D eigenvalue weighted by molar-refractivity contribution is 0.290. The monoisotopic (exact) mass is 388 g/mol. The summed E-state index contributed by atoms with van der Waals surface area (Å²) >= 11 is 0. The van der Waals surface area contributed by atoms with Gasteiger partial charge in [0.1, 0.15) is 11.5 Å². The lowest BCUT2D eigenvalue weighted by Gasteiger charge is -2.29. The zero-order valence-electron chi connectivity index (χ0n) is 19.8. The van der Waals surface area contributed by atoms with Crippen LogP contribution in [-0.2, 0) is 10.8 Å². The Morgan fingerprint density at radius 2 is 1.04 bits per heavy atom. The standard InChI is InChI=1S/C24H38O2.C2H6/c1-9-11-13-15-25-21-17-20(24(6,7)8)22(26-16-14-12-10-2)18-19(21)23(3,4)5;1-2/h9-10,17-18H,1-2,11-16H2,3-8H3;1-2H3. The van der Waals surface area contributed by atoms with E-state index in [1.807, 2.05) is 26.0 Å². The molecule has 0 saturated heterocycles. The molecule has 0 N–H and O–H groups in total. The number of allylic oxidation sites excluding steroid dienone is 2. The second-order valence-electron chi connectivity index (χ2n) is 8.90. The highest BCUT2D eigenvalue weighted by molar-refractivity contribution is 5.51. The highest BCUT2D eigenvalue weighted by atomic mass is 16.5. The van der Waals surface area contributed by atoms with E-state index in [1.165, 1.54) is 11.1 Å². The van der Waals surface area contributed by atoms with Gasteiger partial charge >= 0.3 is 0 Å². The Labute approximate surface area is 175 Å². The third-order valence-electron chi connectivity index (χ3n) is 4.32. The minimum atomic E-state index is -0.0105. The van der Waals surface area contributed by atoms with Crippen LogP contribution in [0.2, 0.25) is 0 Å². The van der Waals surface area contributed by atoms with Gasteiger partial charge in [0.2, 0.25) is 0 Å². The van der Waals surface area contributed by atoms with Crippen LogP contribution in [0.1, 0.15) is 92.2 Å². The number of benzene rings is 1. The van der Waals surface area contributed by atoms with Gasteiger partial charge in [-0.2, -0.15) is 0 Å². The number of hydrogen-bond acceptors (Lipinski definition) is 2. The molecule has 1 aromatic rings. The van der Waals surface area contributed by atoms with Crippen molar-refractivity contribution in [1.82, 2.24) is 0 Å². The van der Waals surface area contributed by atoms with E-state index >= 15 is 0 Å². The van der Waals surface area contributed by atoms with Crippen LogP contribution in [0.5, 0.6) is 11.5 Å². The Hall–Kier alpha value is -1.70. The largest absolute Gasteiger partial charge is 0.493 e. The molecule has 0 amide bonds. The van der Waals surface area contributed by atoms with E-state index in [4.69, 9.17) is 9.47 Å². The number of rotatable bonds is 10. The normalized spacial score (nSPS) is 11.3. The van der Waals surface area contributed by atoms with E-state index in [-0.39, 0.29) is 10.8 Å².